The number of fused-ring (bicyclic) bond motifs is 1. The van der Waals surface area contributed by atoms with E-state index in [9.17, 15) is 19.2 Å². The minimum atomic E-state index is -0.970. The first kappa shape index (κ1) is 19.1. The SMILES string of the molecule is NC(=O)N[C@@H](Cc1ccccc1)C(=O)OCCN1C(=O)c2ccccc2C1=O. The van der Waals surface area contributed by atoms with Crippen LogP contribution in [0.4, 0.5) is 4.79 Å². The second kappa shape index (κ2) is 8.34. The molecule has 0 spiro atoms. The topological polar surface area (TPSA) is 119 Å². The molecule has 0 saturated carbocycles. The maximum absolute atomic E-state index is 12.4. The molecule has 0 saturated heterocycles. The molecule has 0 unspecified atom stereocenters. The largest absolute Gasteiger partial charge is 0.462 e. The van der Waals surface area contributed by atoms with Crippen molar-refractivity contribution in [3.05, 3.63) is 71.3 Å². The molecule has 0 aromatic heterocycles. The summed E-state index contributed by atoms with van der Waals surface area (Å²) in [5.41, 5.74) is 6.62. The van der Waals surface area contributed by atoms with Crippen molar-refractivity contribution in [2.45, 2.75) is 12.5 Å². The highest BCUT2D eigenvalue weighted by atomic mass is 16.5. The zero-order valence-corrected chi connectivity index (χ0v) is 15.0. The van der Waals surface area contributed by atoms with Crippen LogP contribution < -0.4 is 11.1 Å². The van der Waals surface area contributed by atoms with Gasteiger partial charge in [-0.15, -0.1) is 0 Å². The van der Waals surface area contributed by atoms with E-state index in [1.54, 1.807) is 24.3 Å². The summed E-state index contributed by atoms with van der Waals surface area (Å²) in [5.74, 6) is -1.54. The van der Waals surface area contributed by atoms with Gasteiger partial charge in [0.05, 0.1) is 17.7 Å². The lowest BCUT2D eigenvalue weighted by Gasteiger charge is -2.18. The average Bonchev–Trinajstić information content (AvgIpc) is 2.93. The van der Waals surface area contributed by atoms with Crippen molar-refractivity contribution in [2.24, 2.45) is 5.73 Å². The lowest BCUT2D eigenvalue weighted by Crippen LogP contribution is -2.46. The van der Waals surface area contributed by atoms with Crippen molar-refractivity contribution in [1.29, 1.82) is 0 Å². The first-order chi connectivity index (χ1) is 13.5. The first-order valence-corrected chi connectivity index (χ1v) is 8.69. The Morgan fingerprint density at radius 2 is 1.54 bits per heavy atom. The minimum absolute atomic E-state index is 0.0767. The molecule has 4 amide bonds. The molecule has 2 aromatic carbocycles. The van der Waals surface area contributed by atoms with E-state index in [-0.39, 0.29) is 19.6 Å². The number of hydrogen-bond donors (Lipinski definition) is 2. The monoisotopic (exact) mass is 381 g/mol. The van der Waals surface area contributed by atoms with Crippen LogP contribution in [-0.4, -0.2) is 47.9 Å². The Kier molecular flexibility index (Phi) is 5.69. The van der Waals surface area contributed by atoms with E-state index in [0.717, 1.165) is 10.5 Å². The molecule has 3 rings (SSSR count). The summed E-state index contributed by atoms with van der Waals surface area (Å²) in [6.45, 7) is -0.261. The van der Waals surface area contributed by atoms with Crippen LogP contribution in [0.3, 0.4) is 0 Å². The zero-order chi connectivity index (χ0) is 20.1. The molecule has 0 radical (unpaired) electrons. The number of nitrogens with zero attached hydrogens (tertiary/aromatic N) is 1. The fraction of sp³-hybridized carbons (Fsp3) is 0.200. The Labute approximate surface area is 161 Å². The molecule has 0 bridgehead atoms. The van der Waals surface area contributed by atoms with Gasteiger partial charge in [-0.1, -0.05) is 42.5 Å². The van der Waals surface area contributed by atoms with Crippen molar-refractivity contribution in [1.82, 2.24) is 10.2 Å². The van der Waals surface area contributed by atoms with Crippen LogP contribution in [0.2, 0.25) is 0 Å². The molecule has 2 aromatic rings. The van der Waals surface area contributed by atoms with E-state index in [0.29, 0.717) is 11.1 Å². The van der Waals surface area contributed by atoms with E-state index in [1.165, 1.54) is 0 Å². The third-order valence-electron chi connectivity index (χ3n) is 4.32. The fourth-order valence-corrected chi connectivity index (χ4v) is 3.00. The third-order valence-corrected chi connectivity index (χ3v) is 4.32. The maximum atomic E-state index is 12.4. The van der Waals surface area contributed by atoms with E-state index in [4.69, 9.17) is 10.5 Å². The Bertz CT molecular complexity index is 878. The second-order valence-electron chi connectivity index (χ2n) is 6.23. The number of rotatable bonds is 7. The van der Waals surface area contributed by atoms with Crippen LogP contribution in [0.5, 0.6) is 0 Å². The number of carbonyl (C=O) groups excluding carboxylic acids is 4. The molecule has 1 atom stereocenters. The number of hydrogen-bond acceptors (Lipinski definition) is 5. The quantitative estimate of drug-likeness (QED) is 0.550. The number of amides is 4. The van der Waals surface area contributed by atoms with Gasteiger partial charge in [0, 0.05) is 6.42 Å². The van der Waals surface area contributed by atoms with Crippen LogP contribution in [0, 0.1) is 0 Å². The molecule has 1 aliphatic rings. The molecule has 1 heterocycles. The van der Waals surface area contributed by atoms with Crippen molar-refractivity contribution in [3.8, 4) is 0 Å². The Hall–Kier alpha value is -3.68. The van der Waals surface area contributed by atoms with Gasteiger partial charge in [-0.2, -0.15) is 0 Å². The van der Waals surface area contributed by atoms with Gasteiger partial charge < -0.3 is 15.8 Å². The summed E-state index contributed by atoms with van der Waals surface area (Å²) in [7, 11) is 0. The fourth-order valence-electron chi connectivity index (χ4n) is 3.00. The van der Waals surface area contributed by atoms with E-state index < -0.39 is 29.9 Å². The zero-order valence-electron chi connectivity index (χ0n) is 15.0. The maximum Gasteiger partial charge on any atom is 0.329 e. The highest BCUT2D eigenvalue weighted by molar-refractivity contribution is 6.21. The summed E-state index contributed by atoms with van der Waals surface area (Å²) in [6, 6.07) is 13.8. The number of urea groups is 1. The number of benzene rings is 2. The van der Waals surface area contributed by atoms with Crippen molar-refractivity contribution in [3.63, 3.8) is 0 Å². The van der Waals surface area contributed by atoms with Crippen LogP contribution in [0.15, 0.2) is 54.6 Å². The van der Waals surface area contributed by atoms with Crippen molar-refractivity contribution in [2.75, 3.05) is 13.2 Å². The first-order valence-electron chi connectivity index (χ1n) is 8.69. The van der Waals surface area contributed by atoms with Gasteiger partial charge in [0.2, 0.25) is 0 Å². The number of imide groups is 1. The molecular formula is C20H19N3O5. The predicted molar refractivity (Wildman–Crippen MR) is 99.4 cm³/mol. The number of nitrogens with two attached hydrogens (primary N) is 1. The Morgan fingerprint density at radius 3 is 2.11 bits per heavy atom. The number of primary amides is 1. The highest BCUT2D eigenvalue weighted by Crippen LogP contribution is 2.21. The minimum Gasteiger partial charge on any atom is -0.462 e. The summed E-state index contributed by atoms with van der Waals surface area (Å²) in [4.78, 5) is 49.2. The van der Waals surface area contributed by atoms with E-state index >= 15 is 0 Å². The molecule has 8 nitrogen and oxygen atoms in total. The predicted octanol–water partition coefficient (Wildman–Crippen LogP) is 1.11. The normalized spacial score (nSPS) is 13.8. The second-order valence-corrected chi connectivity index (χ2v) is 6.23. The standard InChI is InChI=1S/C20H19N3O5/c21-20(27)22-16(12-13-6-2-1-3-7-13)19(26)28-11-10-23-17(24)14-8-4-5-9-15(14)18(23)25/h1-9,16H,10-12H2,(H3,21,22,27)/t16-/m0/s1. The number of esters is 1. The van der Waals surface area contributed by atoms with Crippen LogP contribution >= 0.6 is 0 Å². The van der Waals surface area contributed by atoms with Crippen LogP contribution in [0.25, 0.3) is 0 Å². The number of nitrogens with one attached hydrogen (secondary N) is 1. The van der Waals surface area contributed by atoms with Gasteiger partial charge in [0.25, 0.3) is 11.8 Å². The molecule has 0 aliphatic carbocycles. The highest BCUT2D eigenvalue weighted by Gasteiger charge is 2.35. The lowest BCUT2D eigenvalue weighted by molar-refractivity contribution is -0.146. The van der Waals surface area contributed by atoms with Crippen LogP contribution in [-0.2, 0) is 16.0 Å². The van der Waals surface area contributed by atoms with Gasteiger partial charge in [-0.05, 0) is 17.7 Å². The summed E-state index contributed by atoms with van der Waals surface area (Å²) in [5, 5.41) is 2.36. The summed E-state index contributed by atoms with van der Waals surface area (Å²) < 4.78 is 5.18. The van der Waals surface area contributed by atoms with Crippen molar-refractivity contribution >= 4 is 23.8 Å². The van der Waals surface area contributed by atoms with Gasteiger partial charge in [0.15, 0.2) is 0 Å². The molecule has 28 heavy (non-hydrogen) atoms. The lowest BCUT2D eigenvalue weighted by atomic mass is 10.1. The molecular weight excluding hydrogens is 362 g/mol. The number of ether oxygens (including phenoxy) is 1. The van der Waals surface area contributed by atoms with Gasteiger partial charge >= 0.3 is 12.0 Å². The molecule has 8 heteroatoms. The summed E-state index contributed by atoms with van der Waals surface area (Å²) in [6.07, 6.45) is 0.204. The van der Waals surface area contributed by atoms with Crippen LogP contribution in [0.1, 0.15) is 26.3 Å². The molecule has 144 valence electrons. The molecule has 3 N–H and O–H groups in total. The van der Waals surface area contributed by atoms with Gasteiger partial charge in [0.1, 0.15) is 12.6 Å². The van der Waals surface area contributed by atoms with E-state index in [1.807, 2.05) is 30.3 Å². The smallest absolute Gasteiger partial charge is 0.329 e. The van der Waals surface area contributed by atoms with E-state index in [2.05, 4.69) is 5.32 Å². The Morgan fingerprint density at radius 1 is 0.964 bits per heavy atom. The third kappa shape index (κ3) is 4.17. The molecule has 0 fully saturated rings. The average molecular weight is 381 g/mol. The van der Waals surface area contributed by atoms with Gasteiger partial charge in [-0.25, -0.2) is 9.59 Å². The number of carbonyl (C=O) groups is 4. The van der Waals surface area contributed by atoms with Gasteiger partial charge in [-0.3, -0.25) is 14.5 Å². The van der Waals surface area contributed by atoms with Crippen molar-refractivity contribution < 1.29 is 23.9 Å². The molecule has 1 aliphatic heterocycles. The Balaban J connectivity index is 1.58. The summed E-state index contributed by atoms with van der Waals surface area (Å²) >= 11 is 0.